The second kappa shape index (κ2) is 4.52. The zero-order chi connectivity index (χ0) is 11.5. The molecule has 84 valence electrons. The minimum atomic E-state index is 0.619. The predicted octanol–water partition coefficient (Wildman–Crippen LogP) is 2.58. The van der Waals surface area contributed by atoms with Crippen LogP contribution in [-0.4, -0.2) is 17.6 Å². The molecule has 0 saturated heterocycles. The van der Waals surface area contributed by atoms with E-state index in [1.165, 1.54) is 12.8 Å². The van der Waals surface area contributed by atoms with Gasteiger partial charge in [0.05, 0.1) is 11.6 Å². The SMILES string of the molecule is CC(C)CN(c1cc(C#N)ccn1)C1CC1. The van der Waals surface area contributed by atoms with Crippen molar-refractivity contribution in [3.05, 3.63) is 23.9 Å². The summed E-state index contributed by atoms with van der Waals surface area (Å²) in [6, 6.07) is 6.45. The molecular formula is C13H17N3. The first-order valence-corrected chi connectivity index (χ1v) is 5.83. The number of rotatable bonds is 4. The molecule has 0 aromatic carbocycles. The van der Waals surface area contributed by atoms with Crippen LogP contribution in [0.4, 0.5) is 5.82 Å². The number of pyridine rings is 1. The zero-order valence-electron chi connectivity index (χ0n) is 9.85. The fourth-order valence-corrected chi connectivity index (χ4v) is 1.85. The van der Waals surface area contributed by atoms with E-state index in [1.54, 1.807) is 12.3 Å². The highest BCUT2D eigenvalue weighted by atomic mass is 15.2. The normalized spacial score (nSPS) is 14.9. The average Bonchev–Trinajstić information content (AvgIpc) is 3.09. The molecular weight excluding hydrogens is 198 g/mol. The molecule has 1 aliphatic rings. The summed E-state index contributed by atoms with van der Waals surface area (Å²) < 4.78 is 0. The topological polar surface area (TPSA) is 39.9 Å². The number of hydrogen-bond donors (Lipinski definition) is 0. The van der Waals surface area contributed by atoms with Crippen LogP contribution < -0.4 is 4.90 Å². The third-order valence-corrected chi connectivity index (χ3v) is 2.72. The lowest BCUT2D eigenvalue weighted by atomic mass is 10.2. The second-order valence-corrected chi connectivity index (χ2v) is 4.79. The maximum absolute atomic E-state index is 8.88. The Morgan fingerprint density at radius 3 is 2.88 bits per heavy atom. The monoisotopic (exact) mass is 215 g/mol. The zero-order valence-corrected chi connectivity index (χ0v) is 9.85. The third-order valence-electron chi connectivity index (χ3n) is 2.72. The summed E-state index contributed by atoms with van der Waals surface area (Å²) >= 11 is 0. The van der Waals surface area contributed by atoms with Crippen LogP contribution in [0.15, 0.2) is 18.3 Å². The average molecular weight is 215 g/mol. The van der Waals surface area contributed by atoms with Crippen LogP contribution >= 0.6 is 0 Å². The molecule has 1 aromatic rings. The summed E-state index contributed by atoms with van der Waals surface area (Å²) in [5, 5.41) is 8.88. The summed E-state index contributed by atoms with van der Waals surface area (Å²) in [5.41, 5.74) is 0.694. The molecule has 0 atom stereocenters. The largest absolute Gasteiger partial charge is 0.353 e. The maximum Gasteiger partial charge on any atom is 0.130 e. The van der Waals surface area contributed by atoms with Gasteiger partial charge in [0.2, 0.25) is 0 Å². The summed E-state index contributed by atoms with van der Waals surface area (Å²) in [6.07, 6.45) is 4.24. The number of hydrogen-bond acceptors (Lipinski definition) is 3. The van der Waals surface area contributed by atoms with Crippen molar-refractivity contribution in [1.82, 2.24) is 4.98 Å². The number of nitriles is 1. The molecule has 0 amide bonds. The first-order chi connectivity index (χ1) is 7.70. The maximum atomic E-state index is 8.88. The molecule has 0 aliphatic heterocycles. The summed E-state index contributed by atoms with van der Waals surface area (Å²) in [5.74, 6) is 1.57. The highest BCUT2D eigenvalue weighted by molar-refractivity contribution is 5.46. The molecule has 1 saturated carbocycles. The summed E-state index contributed by atoms with van der Waals surface area (Å²) in [4.78, 5) is 6.72. The van der Waals surface area contributed by atoms with Gasteiger partial charge in [0, 0.05) is 18.8 Å². The molecule has 1 aliphatic carbocycles. The van der Waals surface area contributed by atoms with E-state index in [9.17, 15) is 0 Å². The first kappa shape index (κ1) is 10.9. The molecule has 0 spiro atoms. The van der Waals surface area contributed by atoms with E-state index < -0.39 is 0 Å². The van der Waals surface area contributed by atoms with Crippen LogP contribution in [-0.2, 0) is 0 Å². The van der Waals surface area contributed by atoms with E-state index in [2.05, 4.69) is 29.8 Å². The van der Waals surface area contributed by atoms with Crippen LogP contribution in [0.2, 0.25) is 0 Å². The quantitative estimate of drug-likeness (QED) is 0.775. The van der Waals surface area contributed by atoms with E-state index in [0.29, 0.717) is 17.5 Å². The van der Waals surface area contributed by atoms with Crippen molar-refractivity contribution in [1.29, 1.82) is 5.26 Å². The van der Waals surface area contributed by atoms with Gasteiger partial charge in [0.1, 0.15) is 5.82 Å². The molecule has 1 fully saturated rings. The van der Waals surface area contributed by atoms with Crippen molar-refractivity contribution in [3.8, 4) is 6.07 Å². The minimum Gasteiger partial charge on any atom is -0.353 e. The van der Waals surface area contributed by atoms with Crippen molar-refractivity contribution in [2.24, 2.45) is 5.92 Å². The highest BCUT2D eigenvalue weighted by Gasteiger charge is 2.30. The Morgan fingerprint density at radius 1 is 1.56 bits per heavy atom. The molecule has 3 heteroatoms. The van der Waals surface area contributed by atoms with Crippen LogP contribution in [0.5, 0.6) is 0 Å². The van der Waals surface area contributed by atoms with Crippen LogP contribution in [0, 0.1) is 17.2 Å². The molecule has 1 heterocycles. The van der Waals surface area contributed by atoms with Gasteiger partial charge >= 0.3 is 0 Å². The van der Waals surface area contributed by atoms with E-state index in [-0.39, 0.29) is 0 Å². The lowest BCUT2D eigenvalue weighted by Crippen LogP contribution is -2.30. The van der Waals surface area contributed by atoms with Gasteiger partial charge in [0.25, 0.3) is 0 Å². The minimum absolute atomic E-state index is 0.619. The van der Waals surface area contributed by atoms with E-state index in [1.807, 2.05) is 6.07 Å². The third kappa shape index (κ3) is 2.52. The smallest absolute Gasteiger partial charge is 0.130 e. The van der Waals surface area contributed by atoms with Gasteiger partial charge in [-0.25, -0.2) is 4.98 Å². The summed E-state index contributed by atoms with van der Waals surface area (Å²) in [7, 11) is 0. The summed E-state index contributed by atoms with van der Waals surface area (Å²) in [6.45, 7) is 5.44. The Morgan fingerprint density at radius 2 is 2.31 bits per heavy atom. The van der Waals surface area contributed by atoms with Crippen LogP contribution in [0.25, 0.3) is 0 Å². The number of anilines is 1. The Balaban J connectivity index is 2.21. The Kier molecular flexibility index (Phi) is 3.09. The number of aromatic nitrogens is 1. The van der Waals surface area contributed by atoms with Gasteiger partial charge in [-0.15, -0.1) is 0 Å². The van der Waals surface area contributed by atoms with E-state index >= 15 is 0 Å². The molecule has 0 unspecified atom stereocenters. The lowest BCUT2D eigenvalue weighted by Gasteiger charge is -2.25. The lowest BCUT2D eigenvalue weighted by molar-refractivity contribution is 0.603. The standard InChI is InChI=1S/C13H17N3/c1-10(2)9-16(12-3-4-12)13-7-11(8-14)5-6-15-13/h5-7,10,12H,3-4,9H2,1-2H3. The molecule has 3 nitrogen and oxygen atoms in total. The van der Waals surface area contributed by atoms with Gasteiger partial charge in [-0.2, -0.15) is 5.26 Å². The van der Waals surface area contributed by atoms with Crippen LogP contribution in [0.3, 0.4) is 0 Å². The Hall–Kier alpha value is -1.56. The number of nitrogens with zero attached hydrogens (tertiary/aromatic N) is 3. The van der Waals surface area contributed by atoms with Gasteiger partial charge in [-0.05, 0) is 30.9 Å². The molecule has 0 radical (unpaired) electrons. The molecule has 16 heavy (non-hydrogen) atoms. The second-order valence-electron chi connectivity index (χ2n) is 4.79. The van der Waals surface area contributed by atoms with Gasteiger partial charge in [-0.3, -0.25) is 0 Å². The predicted molar refractivity (Wildman–Crippen MR) is 64.2 cm³/mol. The van der Waals surface area contributed by atoms with Crippen LogP contribution in [0.1, 0.15) is 32.3 Å². The Labute approximate surface area is 96.7 Å². The molecule has 0 N–H and O–H groups in total. The highest BCUT2D eigenvalue weighted by Crippen LogP contribution is 2.31. The molecule has 1 aromatic heterocycles. The van der Waals surface area contributed by atoms with Crippen molar-refractivity contribution in [2.45, 2.75) is 32.7 Å². The first-order valence-electron chi connectivity index (χ1n) is 5.83. The molecule has 2 rings (SSSR count). The van der Waals surface area contributed by atoms with E-state index in [4.69, 9.17) is 5.26 Å². The van der Waals surface area contributed by atoms with Crippen molar-refractivity contribution in [2.75, 3.05) is 11.4 Å². The van der Waals surface area contributed by atoms with E-state index in [0.717, 1.165) is 12.4 Å². The van der Waals surface area contributed by atoms with Gasteiger partial charge < -0.3 is 4.90 Å². The fraction of sp³-hybridized carbons (Fsp3) is 0.538. The van der Waals surface area contributed by atoms with Gasteiger partial charge in [-0.1, -0.05) is 13.8 Å². The fourth-order valence-electron chi connectivity index (χ4n) is 1.85. The van der Waals surface area contributed by atoms with Crippen molar-refractivity contribution < 1.29 is 0 Å². The van der Waals surface area contributed by atoms with Crippen molar-refractivity contribution in [3.63, 3.8) is 0 Å². The Bertz CT molecular complexity index is 402. The molecule has 0 bridgehead atoms. The van der Waals surface area contributed by atoms with Crippen molar-refractivity contribution >= 4 is 5.82 Å². The van der Waals surface area contributed by atoms with Gasteiger partial charge in [0.15, 0.2) is 0 Å².